The van der Waals surface area contributed by atoms with Crippen LogP contribution in [0.5, 0.6) is 0 Å². The highest BCUT2D eigenvalue weighted by Gasteiger charge is 2.15. The van der Waals surface area contributed by atoms with Crippen molar-refractivity contribution < 1.29 is 9.59 Å². The molecule has 0 spiro atoms. The number of hydrogen-bond donors (Lipinski definition) is 1. The molecule has 144 valence electrons. The summed E-state index contributed by atoms with van der Waals surface area (Å²) in [6.45, 7) is 5.89. The van der Waals surface area contributed by atoms with E-state index in [-0.39, 0.29) is 24.5 Å². The number of thiazole rings is 1. The normalized spacial score (nSPS) is 10.7. The maximum Gasteiger partial charge on any atom is 0.226 e. The van der Waals surface area contributed by atoms with E-state index in [1.165, 1.54) is 11.3 Å². The standard InChI is InChI=1S/C22H21BrN2O2S/c1-13-4-9-18(14(2)12-13)19(26)10-11-20(27)24-22-25-21(15(3)28-22)16-5-7-17(23)8-6-16/h4-9,12H,10-11H2,1-3H3,(H,24,25,27). The van der Waals surface area contributed by atoms with E-state index in [1.54, 1.807) is 0 Å². The number of aromatic nitrogens is 1. The van der Waals surface area contributed by atoms with Crippen molar-refractivity contribution in [1.82, 2.24) is 4.98 Å². The zero-order valence-corrected chi connectivity index (χ0v) is 18.4. The van der Waals surface area contributed by atoms with Gasteiger partial charge in [0.15, 0.2) is 10.9 Å². The van der Waals surface area contributed by atoms with E-state index in [1.807, 2.05) is 63.2 Å². The molecule has 3 aromatic rings. The highest BCUT2D eigenvalue weighted by molar-refractivity contribution is 9.10. The highest BCUT2D eigenvalue weighted by Crippen LogP contribution is 2.31. The zero-order chi connectivity index (χ0) is 20.3. The molecule has 0 aliphatic carbocycles. The van der Waals surface area contributed by atoms with Gasteiger partial charge >= 0.3 is 0 Å². The molecule has 0 unspecified atom stereocenters. The zero-order valence-electron chi connectivity index (χ0n) is 16.0. The van der Waals surface area contributed by atoms with Crippen molar-refractivity contribution in [3.8, 4) is 11.3 Å². The summed E-state index contributed by atoms with van der Waals surface area (Å²) in [6.07, 6.45) is 0.318. The van der Waals surface area contributed by atoms with E-state index in [2.05, 4.69) is 26.2 Å². The van der Waals surface area contributed by atoms with Crippen LogP contribution in [0.25, 0.3) is 11.3 Å². The van der Waals surface area contributed by atoms with Gasteiger partial charge in [-0.05, 0) is 38.5 Å². The highest BCUT2D eigenvalue weighted by atomic mass is 79.9. The monoisotopic (exact) mass is 456 g/mol. The van der Waals surface area contributed by atoms with Crippen LogP contribution in [0.4, 0.5) is 5.13 Å². The maximum atomic E-state index is 12.4. The molecule has 28 heavy (non-hydrogen) atoms. The fourth-order valence-electron chi connectivity index (χ4n) is 3.00. The minimum Gasteiger partial charge on any atom is -0.302 e. The van der Waals surface area contributed by atoms with Crippen molar-refractivity contribution in [1.29, 1.82) is 0 Å². The van der Waals surface area contributed by atoms with Crippen LogP contribution in [0, 0.1) is 20.8 Å². The van der Waals surface area contributed by atoms with Gasteiger partial charge in [0, 0.05) is 33.3 Å². The molecule has 0 aliphatic heterocycles. The number of carbonyl (C=O) groups excluding carboxylic acids is 2. The number of aryl methyl sites for hydroxylation is 3. The Bertz CT molecular complexity index is 1030. The molecule has 4 nitrogen and oxygen atoms in total. The topological polar surface area (TPSA) is 59.1 Å². The first-order valence-electron chi connectivity index (χ1n) is 8.97. The van der Waals surface area contributed by atoms with E-state index in [4.69, 9.17) is 0 Å². The number of anilines is 1. The fourth-order valence-corrected chi connectivity index (χ4v) is 4.11. The van der Waals surface area contributed by atoms with Gasteiger partial charge in [0.25, 0.3) is 0 Å². The summed E-state index contributed by atoms with van der Waals surface area (Å²) in [6, 6.07) is 13.6. The Morgan fingerprint density at radius 2 is 1.75 bits per heavy atom. The molecule has 0 fully saturated rings. The number of halogens is 1. The van der Waals surface area contributed by atoms with Gasteiger partial charge in [0.05, 0.1) is 5.69 Å². The maximum absolute atomic E-state index is 12.4. The summed E-state index contributed by atoms with van der Waals surface area (Å²) in [4.78, 5) is 30.3. The lowest BCUT2D eigenvalue weighted by molar-refractivity contribution is -0.116. The Kier molecular flexibility index (Phi) is 6.42. The van der Waals surface area contributed by atoms with Crippen LogP contribution in [0.2, 0.25) is 0 Å². The number of ketones is 1. The lowest BCUT2D eigenvalue weighted by atomic mass is 9.99. The molecule has 1 N–H and O–H groups in total. The molecule has 3 rings (SSSR count). The third kappa shape index (κ3) is 4.94. The molecule has 0 saturated heterocycles. The smallest absolute Gasteiger partial charge is 0.226 e. The third-order valence-electron chi connectivity index (χ3n) is 4.42. The lowest BCUT2D eigenvalue weighted by Gasteiger charge is -2.06. The van der Waals surface area contributed by atoms with E-state index in [0.717, 1.165) is 31.7 Å². The number of carbonyl (C=O) groups is 2. The molecule has 6 heteroatoms. The van der Waals surface area contributed by atoms with Gasteiger partial charge in [-0.15, -0.1) is 11.3 Å². The molecule has 0 aliphatic rings. The molecule has 0 bridgehead atoms. The minimum absolute atomic E-state index is 0.0153. The van der Waals surface area contributed by atoms with Gasteiger partial charge in [0.1, 0.15) is 0 Å². The molecule has 1 amide bonds. The average Bonchev–Trinajstić information content (AvgIpc) is 3.00. The third-order valence-corrected chi connectivity index (χ3v) is 5.84. The molecule has 1 heterocycles. The first-order valence-corrected chi connectivity index (χ1v) is 10.6. The van der Waals surface area contributed by atoms with Crippen molar-refractivity contribution >= 4 is 44.1 Å². The summed E-state index contributed by atoms with van der Waals surface area (Å²) in [7, 11) is 0. The van der Waals surface area contributed by atoms with Crippen molar-refractivity contribution in [3.05, 3.63) is 68.5 Å². The molecular weight excluding hydrogens is 436 g/mol. The Hall–Kier alpha value is -2.31. The number of rotatable bonds is 6. The Balaban J connectivity index is 1.61. The van der Waals surface area contributed by atoms with Gasteiger partial charge in [-0.25, -0.2) is 4.98 Å². The van der Waals surface area contributed by atoms with E-state index >= 15 is 0 Å². The molecule has 0 radical (unpaired) electrons. The first kappa shape index (κ1) is 20.4. The van der Waals surface area contributed by atoms with Gasteiger partial charge in [-0.1, -0.05) is 51.8 Å². The first-order chi connectivity index (χ1) is 13.3. The van der Waals surface area contributed by atoms with Crippen molar-refractivity contribution in [2.75, 3.05) is 5.32 Å². The molecule has 2 aromatic carbocycles. The largest absolute Gasteiger partial charge is 0.302 e. The number of nitrogens with zero attached hydrogens (tertiary/aromatic N) is 1. The Morgan fingerprint density at radius 3 is 2.43 bits per heavy atom. The molecular formula is C22H21BrN2O2S. The van der Waals surface area contributed by atoms with Gasteiger partial charge < -0.3 is 5.32 Å². The summed E-state index contributed by atoms with van der Waals surface area (Å²) >= 11 is 4.86. The van der Waals surface area contributed by atoms with Crippen LogP contribution >= 0.6 is 27.3 Å². The average molecular weight is 457 g/mol. The second kappa shape index (κ2) is 8.80. The number of hydrogen-bond acceptors (Lipinski definition) is 4. The SMILES string of the molecule is Cc1ccc(C(=O)CCC(=O)Nc2nc(-c3ccc(Br)cc3)c(C)s2)c(C)c1. The van der Waals surface area contributed by atoms with Crippen LogP contribution in [0.15, 0.2) is 46.9 Å². The van der Waals surface area contributed by atoms with Crippen molar-refractivity contribution in [2.24, 2.45) is 0 Å². The molecule has 0 saturated carbocycles. The van der Waals surface area contributed by atoms with E-state index < -0.39 is 0 Å². The quantitative estimate of drug-likeness (QED) is 0.455. The van der Waals surface area contributed by atoms with Gasteiger partial charge in [-0.2, -0.15) is 0 Å². The van der Waals surface area contributed by atoms with Crippen LogP contribution in [-0.2, 0) is 4.79 Å². The fraction of sp³-hybridized carbons (Fsp3) is 0.227. The number of amides is 1. The van der Waals surface area contributed by atoms with Crippen LogP contribution < -0.4 is 5.32 Å². The Labute approximate surface area is 177 Å². The summed E-state index contributed by atoms with van der Waals surface area (Å²) in [5.74, 6) is -0.215. The van der Waals surface area contributed by atoms with Crippen molar-refractivity contribution in [3.63, 3.8) is 0 Å². The summed E-state index contributed by atoms with van der Waals surface area (Å²) < 4.78 is 1.01. The number of nitrogens with one attached hydrogen (secondary N) is 1. The van der Waals surface area contributed by atoms with E-state index in [9.17, 15) is 9.59 Å². The number of benzene rings is 2. The predicted molar refractivity (Wildman–Crippen MR) is 118 cm³/mol. The second-order valence-corrected chi connectivity index (χ2v) is 8.84. The molecule has 0 atom stereocenters. The van der Waals surface area contributed by atoms with Crippen LogP contribution in [-0.4, -0.2) is 16.7 Å². The second-order valence-electron chi connectivity index (χ2n) is 6.72. The lowest BCUT2D eigenvalue weighted by Crippen LogP contribution is -2.13. The van der Waals surface area contributed by atoms with Crippen molar-refractivity contribution in [2.45, 2.75) is 33.6 Å². The van der Waals surface area contributed by atoms with Crippen LogP contribution in [0.3, 0.4) is 0 Å². The predicted octanol–water partition coefficient (Wildman–Crippen LogP) is 6.10. The van der Waals surface area contributed by atoms with Gasteiger partial charge in [0.2, 0.25) is 5.91 Å². The molecule has 1 aromatic heterocycles. The van der Waals surface area contributed by atoms with E-state index in [0.29, 0.717) is 10.7 Å². The summed E-state index contributed by atoms with van der Waals surface area (Å²) in [5, 5.41) is 3.38. The summed E-state index contributed by atoms with van der Waals surface area (Å²) in [5.41, 5.74) is 4.61. The van der Waals surface area contributed by atoms with Gasteiger partial charge in [-0.3, -0.25) is 9.59 Å². The Morgan fingerprint density at radius 1 is 1.04 bits per heavy atom. The number of Topliss-reactive ketones (excluding diaryl/α,β-unsaturated/α-hetero) is 1. The minimum atomic E-state index is -0.200. The van der Waals surface area contributed by atoms with Crippen LogP contribution in [0.1, 0.15) is 39.2 Å².